The summed E-state index contributed by atoms with van der Waals surface area (Å²) in [5.74, 6) is 0.648. The summed E-state index contributed by atoms with van der Waals surface area (Å²) in [6.07, 6.45) is 0. The van der Waals surface area contributed by atoms with Crippen LogP contribution in [0.1, 0.15) is 12.5 Å². The summed E-state index contributed by atoms with van der Waals surface area (Å²) in [4.78, 5) is 0. The predicted molar refractivity (Wildman–Crippen MR) is 71.3 cm³/mol. The number of nitrogens with one attached hydrogen (secondary N) is 1. The van der Waals surface area contributed by atoms with Crippen molar-refractivity contribution in [2.45, 2.75) is 13.5 Å². The Balaban J connectivity index is 1.93. The molecule has 0 saturated heterocycles. The van der Waals surface area contributed by atoms with E-state index in [1.807, 2.05) is 37.3 Å². The lowest BCUT2D eigenvalue weighted by molar-refractivity contribution is 0.340. The van der Waals surface area contributed by atoms with Gasteiger partial charge in [-0.25, -0.2) is 4.39 Å². The van der Waals surface area contributed by atoms with Crippen LogP contribution in [0.4, 0.5) is 10.1 Å². The fraction of sp³-hybridized carbons (Fsp3) is 0.200. The molecular weight excluding hydrogens is 229 g/mol. The topological polar surface area (TPSA) is 21.3 Å². The summed E-state index contributed by atoms with van der Waals surface area (Å²) in [5.41, 5.74) is 1.91. The SMILES string of the molecule is CCOc1ccc(NCc2cccc(F)c2)cc1. The molecule has 0 saturated carbocycles. The first-order valence-electron chi connectivity index (χ1n) is 5.99. The van der Waals surface area contributed by atoms with Crippen molar-refractivity contribution in [1.29, 1.82) is 0 Å². The lowest BCUT2D eigenvalue weighted by Crippen LogP contribution is -1.99. The van der Waals surface area contributed by atoms with Gasteiger partial charge in [-0.15, -0.1) is 0 Å². The second kappa shape index (κ2) is 6.05. The fourth-order valence-electron chi connectivity index (χ4n) is 1.69. The number of benzene rings is 2. The third kappa shape index (κ3) is 3.48. The van der Waals surface area contributed by atoms with Crippen LogP contribution in [0.25, 0.3) is 0 Å². The molecule has 3 heteroatoms. The standard InChI is InChI=1S/C15H16FNO/c1-2-18-15-8-6-14(7-9-15)17-11-12-4-3-5-13(16)10-12/h3-10,17H,2,11H2,1H3. The summed E-state index contributed by atoms with van der Waals surface area (Å²) in [6.45, 7) is 3.22. The molecule has 0 aliphatic carbocycles. The Hall–Kier alpha value is -2.03. The highest BCUT2D eigenvalue weighted by Gasteiger charge is 1.97. The number of halogens is 1. The zero-order valence-corrected chi connectivity index (χ0v) is 10.3. The Morgan fingerprint density at radius 2 is 1.89 bits per heavy atom. The second-order valence-corrected chi connectivity index (χ2v) is 3.94. The highest BCUT2D eigenvalue weighted by Crippen LogP contribution is 2.16. The average molecular weight is 245 g/mol. The highest BCUT2D eigenvalue weighted by molar-refractivity contribution is 5.46. The van der Waals surface area contributed by atoms with Crippen molar-refractivity contribution >= 4 is 5.69 Å². The molecule has 0 heterocycles. The van der Waals surface area contributed by atoms with Gasteiger partial charge in [0.25, 0.3) is 0 Å². The lowest BCUT2D eigenvalue weighted by atomic mass is 10.2. The highest BCUT2D eigenvalue weighted by atomic mass is 19.1. The monoisotopic (exact) mass is 245 g/mol. The third-order valence-corrected chi connectivity index (χ3v) is 2.55. The second-order valence-electron chi connectivity index (χ2n) is 3.94. The number of ether oxygens (including phenoxy) is 1. The van der Waals surface area contributed by atoms with Gasteiger partial charge >= 0.3 is 0 Å². The van der Waals surface area contributed by atoms with Crippen LogP contribution in [0, 0.1) is 5.82 Å². The Bertz CT molecular complexity index is 496. The van der Waals surface area contributed by atoms with Gasteiger partial charge in [0.2, 0.25) is 0 Å². The van der Waals surface area contributed by atoms with Crippen molar-refractivity contribution in [3.63, 3.8) is 0 Å². The third-order valence-electron chi connectivity index (χ3n) is 2.55. The molecular formula is C15H16FNO. The smallest absolute Gasteiger partial charge is 0.123 e. The van der Waals surface area contributed by atoms with Gasteiger partial charge in [-0.1, -0.05) is 12.1 Å². The zero-order chi connectivity index (χ0) is 12.8. The summed E-state index contributed by atoms with van der Waals surface area (Å²) in [7, 11) is 0. The van der Waals surface area contributed by atoms with Crippen LogP contribution in [0.3, 0.4) is 0 Å². The van der Waals surface area contributed by atoms with Gasteiger partial charge in [-0.05, 0) is 48.9 Å². The van der Waals surface area contributed by atoms with E-state index in [-0.39, 0.29) is 5.82 Å². The first-order chi connectivity index (χ1) is 8.78. The van der Waals surface area contributed by atoms with E-state index in [9.17, 15) is 4.39 Å². The molecule has 0 unspecified atom stereocenters. The molecule has 0 amide bonds. The maximum Gasteiger partial charge on any atom is 0.123 e. The Kier molecular flexibility index (Phi) is 4.18. The molecule has 0 bridgehead atoms. The van der Waals surface area contributed by atoms with Gasteiger partial charge in [-0.2, -0.15) is 0 Å². The number of hydrogen-bond donors (Lipinski definition) is 1. The zero-order valence-electron chi connectivity index (χ0n) is 10.3. The van der Waals surface area contributed by atoms with Crippen LogP contribution < -0.4 is 10.1 Å². The largest absolute Gasteiger partial charge is 0.494 e. The van der Waals surface area contributed by atoms with Crippen molar-refractivity contribution in [3.05, 3.63) is 59.9 Å². The fourth-order valence-corrected chi connectivity index (χ4v) is 1.69. The number of rotatable bonds is 5. The molecule has 2 aromatic carbocycles. The van der Waals surface area contributed by atoms with Gasteiger partial charge in [0.1, 0.15) is 11.6 Å². The normalized spacial score (nSPS) is 10.1. The minimum absolute atomic E-state index is 0.207. The van der Waals surface area contributed by atoms with Crippen LogP contribution in [-0.4, -0.2) is 6.61 Å². The predicted octanol–water partition coefficient (Wildman–Crippen LogP) is 3.84. The molecule has 2 nitrogen and oxygen atoms in total. The summed E-state index contributed by atoms with van der Waals surface area (Å²) in [6, 6.07) is 14.3. The van der Waals surface area contributed by atoms with Crippen molar-refractivity contribution < 1.29 is 9.13 Å². The molecule has 0 aliphatic heterocycles. The van der Waals surface area contributed by atoms with E-state index in [4.69, 9.17) is 4.74 Å². The molecule has 0 fully saturated rings. The van der Waals surface area contributed by atoms with E-state index in [0.29, 0.717) is 13.2 Å². The summed E-state index contributed by atoms with van der Waals surface area (Å²) >= 11 is 0. The number of anilines is 1. The molecule has 0 aromatic heterocycles. The summed E-state index contributed by atoms with van der Waals surface area (Å²) in [5, 5.41) is 3.24. The summed E-state index contributed by atoms with van der Waals surface area (Å²) < 4.78 is 18.3. The van der Waals surface area contributed by atoms with Crippen LogP contribution in [-0.2, 0) is 6.54 Å². The van der Waals surface area contributed by atoms with Gasteiger partial charge in [0, 0.05) is 12.2 Å². The number of hydrogen-bond acceptors (Lipinski definition) is 2. The Morgan fingerprint density at radius 1 is 1.11 bits per heavy atom. The maximum atomic E-state index is 13.0. The molecule has 0 spiro atoms. The minimum atomic E-state index is -0.207. The molecule has 0 aliphatic rings. The van der Waals surface area contributed by atoms with Crippen LogP contribution in [0.5, 0.6) is 5.75 Å². The van der Waals surface area contributed by atoms with Gasteiger partial charge in [0.15, 0.2) is 0 Å². The first kappa shape index (κ1) is 12.4. The van der Waals surface area contributed by atoms with Crippen molar-refractivity contribution in [1.82, 2.24) is 0 Å². The molecule has 94 valence electrons. The molecule has 18 heavy (non-hydrogen) atoms. The van der Waals surface area contributed by atoms with Gasteiger partial charge in [-0.3, -0.25) is 0 Å². The molecule has 1 N–H and O–H groups in total. The van der Waals surface area contributed by atoms with Crippen LogP contribution in [0.2, 0.25) is 0 Å². The molecule has 2 aromatic rings. The average Bonchev–Trinajstić information content (AvgIpc) is 2.38. The van der Waals surface area contributed by atoms with E-state index in [1.165, 1.54) is 12.1 Å². The molecule has 0 atom stereocenters. The quantitative estimate of drug-likeness (QED) is 0.864. The van der Waals surface area contributed by atoms with Crippen molar-refractivity contribution in [2.75, 3.05) is 11.9 Å². The van der Waals surface area contributed by atoms with Crippen molar-refractivity contribution in [2.24, 2.45) is 0 Å². The van der Waals surface area contributed by atoms with E-state index in [1.54, 1.807) is 6.07 Å². The van der Waals surface area contributed by atoms with E-state index in [0.717, 1.165) is 17.0 Å². The lowest BCUT2D eigenvalue weighted by Gasteiger charge is -2.08. The Morgan fingerprint density at radius 3 is 2.56 bits per heavy atom. The van der Waals surface area contributed by atoms with Crippen molar-refractivity contribution in [3.8, 4) is 5.75 Å². The molecule has 2 rings (SSSR count). The Labute approximate surface area is 106 Å². The maximum absolute atomic E-state index is 13.0. The van der Waals surface area contributed by atoms with Gasteiger partial charge < -0.3 is 10.1 Å². The van der Waals surface area contributed by atoms with E-state index >= 15 is 0 Å². The van der Waals surface area contributed by atoms with Crippen LogP contribution >= 0.6 is 0 Å². The molecule has 0 radical (unpaired) electrons. The van der Waals surface area contributed by atoms with Crippen LogP contribution in [0.15, 0.2) is 48.5 Å². The first-order valence-corrected chi connectivity index (χ1v) is 5.99. The van der Waals surface area contributed by atoms with E-state index < -0.39 is 0 Å². The van der Waals surface area contributed by atoms with E-state index in [2.05, 4.69) is 5.32 Å². The minimum Gasteiger partial charge on any atom is -0.494 e. The van der Waals surface area contributed by atoms with Gasteiger partial charge in [0.05, 0.1) is 6.61 Å².